The number of aromatic amines is 2. The second kappa shape index (κ2) is 4.98. The molecule has 2 heterocycles. The molecule has 0 fully saturated rings. The van der Waals surface area contributed by atoms with Gasteiger partial charge in [0, 0.05) is 34.9 Å². The van der Waals surface area contributed by atoms with Crippen molar-refractivity contribution in [3.05, 3.63) is 84.2 Å². The second-order valence-corrected chi connectivity index (χ2v) is 5.30. The Morgan fingerprint density at radius 3 is 2.48 bits per heavy atom. The fourth-order valence-corrected chi connectivity index (χ4v) is 2.81. The van der Waals surface area contributed by atoms with Crippen LogP contribution in [0.2, 0.25) is 0 Å². The smallest absolute Gasteiger partial charge is 0.0456 e. The van der Waals surface area contributed by atoms with Gasteiger partial charge in [-0.1, -0.05) is 48.5 Å². The van der Waals surface area contributed by atoms with Crippen LogP contribution >= 0.6 is 0 Å². The molecular formula is C19H16N2. The minimum atomic E-state index is 0.914. The summed E-state index contributed by atoms with van der Waals surface area (Å²) in [5, 5.41) is 1.30. The lowest BCUT2D eigenvalue weighted by Crippen LogP contribution is -1.87. The average Bonchev–Trinajstić information content (AvgIpc) is 3.17. The quantitative estimate of drug-likeness (QED) is 0.539. The zero-order valence-corrected chi connectivity index (χ0v) is 11.6. The zero-order chi connectivity index (χ0) is 14.1. The van der Waals surface area contributed by atoms with E-state index in [2.05, 4.69) is 76.8 Å². The van der Waals surface area contributed by atoms with Gasteiger partial charge in [-0.25, -0.2) is 0 Å². The van der Waals surface area contributed by atoms with Crippen LogP contribution in [0, 0.1) is 0 Å². The van der Waals surface area contributed by atoms with Crippen LogP contribution in [0.4, 0.5) is 0 Å². The number of H-pyrrole nitrogens is 2. The van der Waals surface area contributed by atoms with Gasteiger partial charge in [0.05, 0.1) is 0 Å². The number of hydrogen-bond acceptors (Lipinski definition) is 0. The molecule has 0 spiro atoms. The lowest BCUT2D eigenvalue weighted by molar-refractivity contribution is 1.12. The summed E-state index contributed by atoms with van der Waals surface area (Å²) in [6.45, 7) is 0. The van der Waals surface area contributed by atoms with Crippen molar-refractivity contribution < 1.29 is 0 Å². The van der Waals surface area contributed by atoms with Gasteiger partial charge < -0.3 is 9.97 Å². The highest BCUT2D eigenvalue weighted by Crippen LogP contribution is 2.23. The van der Waals surface area contributed by atoms with E-state index in [9.17, 15) is 0 Å². The van der Waals surface area contributed by atoms with E-state index in [1.807, 2.05) is 6.07 Å². The van der Waals surface area contributed by atoms with Crippen molar-refractivity contribution >= 4 is 10.9 Å². The van der Waals surface area contributed by atoms with Crippen LogP contribution in [0.5, 0.6) is 0 Å². The molecule has 0 saturated heterocycles. The molecule has 4 aromatic rings. The summed E-state index contributed by atoms with van der Waals surface area (Å²) < 4.78 is 0. The Balaban J connectivity index is 1.65. The van der Waals surface area contributed by atoms with Crippen LogP contribution < -0.4 is 0 Å². The predicted molar refractivity (Wildman–Crippen MR) is 87.3 cm³/mol. The Labute approximate surface area is 123 Å². The van der Waals surface area contributed by atoms with Crippen LogP contribution in [-0.4, -0.2) is 9.97 Å². The Hall–Kier alpha value is -2.74. The number of benzene rings is 2. The minimum Gasteiger partial charge on any atom is -0.361 e. The van der Waals surface area contributed by atoms with Crippen LogP contribution in [-0.2, 0) is 6.42 Å². The van der Waals surface area contributed by atoms with Crippen molar-refractivity contribution in [2.24, 2.45) is 0 Å². The molecular weight excluding hydrogens is 256 g/mol. The molecule has 2 nitrogen and oxygen atoms in total. The highest BCUT2D eigenvalue weighted by atomic mass is 14.7. The normalized spacial score (nSPS) is 11.0. The molecule has 2 aromatic carbocycles. The van der Waals surface area contributed by atoms with E-state index < -0.39 is 0 Å². The Morgan fingerprint density at radius 2 is 1.57 bits per heavy atom. The summed E-state index contributed by atoms with van der Waals surface area (Å²) in [6.07, 6.45) is 3.02. The second-order valence-electron chi connectivity index (χ2n) is 5.30. The van der Waals surface area contributed by atoms with Crippen LogP contribution in [0.15, 0.2) is 72.9 Å². The molecule has 0 saturated carbocycles. The summed E-state index contributed by atoms with van der Waals surface area (Å²) in [5.41, 5.74) is 6.15. The molecule has 102 valence electrons. The highest BCUT2D eigenvalue weighted by Gasteiger charge is 2.06. The first kappa shape index (κ1) is 12.0. The molecule has 0 unspecified atom stereocenters. The Morgan fingerprint density at radius 1 is 0.762 bits per heavy atom. The molecule has 4 rings (SSSR count). The Kier molecular flexibility index (Phi) is 2.86. The average molecular weight is 272 g/mol. The van der Waals surface area contributed by atoms with Crippen LogP contribution in [0.3, 0.4) is 0 Å². The fraction of sp³-hybridized carbons (Fsp3) is 0.0526. The number of para-hydroxylation sites is 1. The third-order valence-corrected chi connectivity index (χ3v) is 3.89. The standard InChI is InChI=1S/C19H16N2/c1-2-6-14(7-3-1)18-11-10-16(21-18)12-15-13-20-19-9-5-4-8-17(15)19/h1-11,13,20-21H,12H2. The number of hydrogen-bond donors (Lipinski definition) is 2. The van der Waals surface area contributed by atoms with Gasteiger partial charge in [0.1, 0.15) is 0 Å². The van der Waals surface area contributed by atoms with E-state index in [1.165, 1.54) is 33.4 Å². The van der Waals surface area contributed by atoms with E-state index in [-0.39, 0.29) is 0 Å². The predicted octanol–water partition coefficient (Wildman–Crippen LogP) is 4.75. The number of fused-ring (bicyclic) bond motifs is 1. The van der Waals surface area contributed by atoms with E-state index >= 15 is 0 Å². The highest BCUT2D eigenvalue weighted by molar-refractivity contribution is 5.83. The number of nitrogens with one attached hydrogen (secondary N) is 2. The third-order valence-electron chi connectivity index (χ3n) is 3.89. The molecule has 0 amide bonds. The summed E-state index contributed by atoms with van der Waals surface area (Å²) >= 11 is 0. The van der Waals surface area contributed by atoms with Gasteiger partial charge in [-0.05, 0) is 29.3 Å². The van der Waals surface area contributed by atoms with Gasteiger partial charge in [-0.3, -0.25) is 0 Å². The zero-order valence-electron chi connectivity index (χ0n) is 11.6. The maximum absolute atomic E-state index is 3.52. The lowest BCUT2D eigenvalue weighted by atomic mass is 10.1. The molecule has 2 heteroatoms. The van der Waals surface area contributed by atoms with Gasteiger partial charge in [-0.15, -0.1) is 0 Å². The van der Waals surface area contributed by atoms with Gasteiger partial charge >= 0.3 is 0 Å². The molecule has 0 radical (unpaired) electrons. The molecule has 0 aliphatic rings. The minimum absolute atomic E-state index is 0.914. The molecule has 2 aromatic heterocycles. The van der Waals surface area contributed by atoms with Gasteiger partial charge in [0.15, 0.2) is 0 Å². The van der Waals surface area contributed by atoms with Gasteiger partial charge in [0.2, 0.25) is 0 Å². The Bertz CT molecular complexity index is 869. The van der Waals surface area contributed by atoms with Crippen molar-refractivity contribution in [3.8, 4) is 11.3 Å². The first-order valence-corrected chi connectivity index (χ1v) is 7.18. The van der Waals surface area contributed by atoms with Gasteiger partial charge in [0.25, 0.3) is 0 Å². The van der Waals surface area contributed by atoms with E-state index in [0.29, 0.717) is 0 Å². The van der Waals surface area contributed by atoms with Gasteiger partial charge in [-0.2, -0.15) is 0 Å². The van der Waals surface area contributed by atoms with Crippen molar-refractivity contribution in [2.75, 3.05) is 0 Å². The van der Waals surface area contributed by atoms with E-state index in [0.717, 1.165) is 6.42 Å². The molecule has 0 aliphatic carbocycles. The summed E-state index contributed by atoms with van der Waals surface area (Å²) in [4.78, 5) is 6.85. The maximum Gasteiger partial charge on any atom is 0.0456 e. The van der Waals surface area contributed by atoms with Crippen molar-refractivity contribution in [3.63, 3.8) is 0 Å². The third kappa shape index (κ3) is 2.25. The van der Waals surface area contributed by atoms with Crippen molar-refractivity contribution in [2.45, 2.75) is 6.42 Å². The summed E-state index contributed by atoms with van der Waals surface area (Å²) in [6, 6.07) is 23.2. The van der Waals surface area contributed by atoms with Crippen LogP contribution in [0.1, 0.15) is 11.3 Å². The fourth-order valence-electron chi connectivity index (χ4n) is 2.81. The van der Waals surface area contributed by atoms with E-state index in [4.69, 9.17) is 0 Å². The van der Waals surface area contributed by atoms with Crippen molar-refractivity contribution in [1.82, 2.24) is 9.97 Å². The lowest BCUT2D eigenvalue weighted by Gasteiger charge is -1.99. The number of rotatable bonds is 3. The maximum atomic E-state index is 3.52. The molecule has 0 bridgehead atoms. The van der Waals surface area contributed by atoms with Crippen LogP contribution in [0.25, 0.3) is 22.2 Å². The van der Waals surface area contributed by atoms with Crippen molar-refractivity contribution in [1.29, 1.82) is 0 Å². The number of aromatic nitrogens is 2. The molecule has 21 heavy (non-hydrogen) atoms. The molecule has 0 atom stereocenters. The SMILES string of the molecule is c1ccc(-c2ccc(Cc3c[nH]c4ccccc34)[nH]2)cc1. The molecule has 2 N–H and O–H groups in total. The summed E-state index contributed by atoms with van der Waals surface area (Å²) in [5.74, 6) is 0. The molecule has 0 aliphatic heterocycles. The first-order valence-electron chi connectivity index (χ1n) is 7.18. The summed E-state index contributed by atoms with van der Waals surface area (Å²) in [7, 11) is 0. The van der Waals surface area contributed by atoms with E-state index in [1.54, 1.807) is 0 Å². The topological polar surface area (TPSA) is 31.6 Å². The first-order chi connectivity index (χ1) is 10.4. The largest absolute Gasteiger partial charge is 0.361 e. The monoisotopic (exact) mass is 272 g/mol.